The van der Waals surface area contributed by atoms with E-state index in [2.05, 4.69) is 10.3 Å². The fourth-order valence-electron chi connectivity index (χ4n) is 2.39. The van der Waals surface area contributed by atoms with Crippen molar-refractivity contribution in [2.45, 2.75) is 40.2 Å². The molecule has 2 aromatic heterocycles. The Labute approximate surface area is 134 Å². The first-order valence-electron chi connectivity index (χ1n) is 7.26. The van der Waals surface area contributed by atoms with Gasteiger partial charge in [-0.25, -0.2) is 4.98 Å². The van der Waals surface area contributed by atoms with Crippen LogP contribution in [0.25, 0.3) is 10.8 Å². The average molecular weight is 322 g/mol. The van der Waals surface area contributed by atoms with Crippen LogP contribution in [0.5, 0.6) is 0 Å². The van der Waals surface area contributed by atoms with Crippen molar-refractivity contribution in [1.29, 1.82) is 0 Å². The topological polar surface area (TPSA) is 75.4 Å². The van der Waals surface area contributed by atoms with Gasteiger partial charge in [-0.1, -0.05) is 13.8 Å². The van der Waals surface area contributed by atoms with Crippen LogP contribution in [-0.2, 0) is 0 Å². The maximum absolute atomic E-state index is 12.3. The summed E-state index contributed by atoms with van der Waals surface area (Å²) < 4.78 is 5.31. The predicted octanol–water partition coefficient (Wildman–Crippen LogP) is 3.24. The molecular formula is C16H22N2O3S. The number of carbonyl (C=O) groups is 1. The van der Waals surface area contributed by atoms with Crippen LogP contribution in [0.4, 0.5) is 0 Å². The minimum absolute atomic E-state index is 0.169. The number of hydrogen-bond donors (Lipinski definition) is 2. The van der Waals surface area contributed by atoms with Gasteiger partial charge in [-0.05, 0) is 37.8 Å². The quantitative estimate of drug-likeness (QED) is 0.856. The Morgan fingerprint density at radius 1 is 1.55 bits per heavy atom. The van der Waals surface area contributed by atoms with Crippen molar-refractivity contribution >= 4 is 17.2 Å². The van der Waals surface area contributed by atoms with Gasteiger partial charge in [0.25, 0.3) is 5.91 Å². The Morgan fingerprint density at radius 2 is 2.27 bits per heavy atom. The molecule has 0 saturated heterocycles. The van der Waals surface area contributed by atoms with E-state index in [9.17, 15) is 9.90 Å². The number of hydrogen-bond acceptors (Lipinski definition) is 5. The molecular weight excluding hydrogens is 300 g/mol. The summed E-state index contributed by atoms with van der Waals surface area (Å²) in [6.07, 6.45) is 1.82. The molecule has 1 unspecified atom stereocenters. The van der Waals surface area contributed by atoms with Crippen molar-refractivity contribution in [3.05, 3.63) is 29.0 Å². The summed E-state index contributed by atoms with van der Waals surface area (Å²) in [5.41, 5.74) is 0.265. The van der Waals surface area contributed by atoms with Crippen molar-refractivity contribution in [3.63, 3.8) is 0 Å². The van der Waals surface area contributed by atoms with E-state index in [0.717, 1.165) is 4.88 Å². The second kappa shape index (κ2) is 6.62. The monoisotopic (exact) mass is 322 g/mol. The van der Waals surface area contributed by atoms with Crippen molar-refractivity contribution in [1.82, 2.24) is 10.3 Å². The summed E-state index contributed by atoms with van der Waals surface area (Å²) in [6, 6.07) is 3.62. The molecule has 1 amide bonds. The molecule has 22 heavy (non-hydrogen) atoms. The van der Waals surface area contributed by atoms with Gasteiger partial charge in [0.1, 0.15) is 5.69 Å². The molecule has 1 atom stereocenters. The third-order valence-corrected chi connectivity index (χ3v) is 4.30. The Hall–Kier alpha value is -1.66. The highest BCUT2D eigenvalue weighted by Gasteiger charge is 2.23. The number of aryl methyl sites for hydroxylation is 1. The zero-order valence-corrected chi connectivity index (χ0v) is 14.2. The number of aliphatic hydroxyl groups is 1. The Bertz CT molecular complexity index is 630. The summed E-state index contributed by atoms with van der Waals surface area (Å²) >= 11 is 1.44. The summed E-state index contributed by atoms with van der Waals surface area (Å²) in [6.45, 7) is 8.15. The Balaban J connectivity index is 2.04. The number of aliphatic hydroxyl groups excluding tert-OH is 1. The van der Waals surface area contributed by atoms with Crippen molar-refractivity contribution < 1.29 is 14.3 Å². The van der Waals surface area contributed by atoms with Crippen molar-refractivity contribution in [2.75, 3.05) is 6.54 Å². The first kappa shape index (κ1) is 16.7. The molecule has 2 heterocycles. The zero-order valence-electron chi connectivity index (χ0n) is 13.3. The van der Waals surface area contributed by atoms with Gasteiger partial charge in [0, 0.05) is 11.4 Å². The van der Waals surface area contributed by atoms with Gasteiger partial charge < -0.3 is 14.8 Å². The van der Waals surface area contributed by atoms with Crippen LogP contribution < -0.4 is 5.32 Å². The van der Waals surface area contributed by atoms with Gasteiger partial charge in [0.15, 0.2) is 10.8 Å². The summed E-state index contributed by atoms with van der Waals surface area (Å²) in [5.74, 6) is 0.479. The molecule has 0 aromatic carbocycles. The Morgan fingerprint density at radius 3 is 2.86 bits per heavy atom. The van der Waals surface area contributed by atoms with Crippen LogP contribution in [0.2, 0.25) is 0 Å². The van der Waals surface area contributed by atoms with Gasteiger partial charge in [0.2, 0.25) is 0 Å². The molecule has 120 valence electrons. The van der Waals surface area contributed by atoms with Crippen LogP contribution in [0.1, 0.15) is 42.6 Å². The molecule has 0 radical (unpaired) electrons. The largest absolute Gasteiger partial charge is 0.462 e. The molecule has 0 aliphatic rings. The number of carbonyl (C=O) groups excluding carboxylic acids is 1. The summed E-state index contributed by atoms with van der Waals surface area (Å²) in [5, 5.41) is 13.1. The van der Waals surface area contributed by atoms with E-state index in [-0.39, 0.29) is 11.3 Å². The van der Waals surface area contributed by atoms with Gasteiger partial charge >= 0.3 is 0 Å². The first-order valence-corrected chi connectivity index (χ1v) is 8.08. The maximum atomic E-state index is 12.3. The minimum atomic E-state index is -0.390. The molecule has 0 bridgehead atoms. The highest BCUT2D eigenvalue weighted by molar-refractivity contribution is 7.15. The molecule has 2 aromatic rings. The second-order valence-corrected chi connectivity index (χ2v) is 7.50. The summed E-state index contributed by atoms with van der Waals surface area (Å²) in [4.78, 5) is 17.6. The van der Waals surface area contributed by atoms with Gasteiger partial charge in [0.05, 0.1) is 12.4 Å². The molecule has 0 aliphatic carbocycles. The standard InChI is InChI=1S/C16H22N2O3S/c1-10(19)8-16(3,4)9-17-14(20)13-11(2)22-15(18-13)12-6-5-7-21-12/h5-7,10,19H,8-9H2,1-4H3,(H,17,20). The van der Waals surface area contributed by atoms with E-state index in [1.165, 1.54) is 11.3 Å². The smallest absolute Gasteiger partial charge is 0.271 e. The molecule has 0 aliphatic heterocycles. The highest BCUT2D eigenvalue weighted by atomic mass is 32.1. The third-order valence-electron chi connectivity index (χ3n) is 3.32. The van der Waals surface area contributed by atoms with Gasteiger partial charge in [-0.3, -0.25) is 4.79 Å². The number of thiazole rings is 1. The number of nitrogens with zero attached hydrogens (tertiary/aromatic N) is 1. The normalized spacial score (nSPS) is 13.1. The maximum Gasteiger partial charge on any atom is 0.271 e. The lowest BCUT2D eigenvalue weighted by Crippen LogP contribution is -2.36. The van der Waals surface area contributed by atoms with Crippen molar-refractivity contribution in [2.24, 2.45) is 5.41 Å². The minimum Gasteiger partial charge on any atom is -0.462 e. The number of amides is 1. The molecule has 2 rings (SSSR count). The number of aromatic nitrogens is 1. The third kappa shape index (κ3) is 4.18. The van der Waals surface area contributed by atoms with E-state index < -0.39 is 6.10 Å². The Kier molecular flexibility index (Phi) is 5.03. The molecule has 0 fully saturated rings. The van der Waals surface area contributed by atoms with Crippen LogP contribution in [0, 0.1) is 12.3 Å². The lowest BCUT2D eigenvalue weighted by Gasteiger charge is -2.26. The van der Waals surface area contributed by atoms with E-state index in [4.69, 9.17) is 4.42 Å². The molecule has 0 spiro atoms. The molecule has 2 N–H and O–H groups in total. The summed E-state index contributed by atoms with van der Waals surface area (Å²) in [7, 11) is 0. The molecule has 6 heteroatoms. The average Bonchev–Trinajstić information content (AvgIpc) is 3.03. The van der Waals surface area contributed by atoms with Gasteiger partial charge in [-0.2, -0.15) is 0 Å². The molecule has 0 saturated carbocycles. The van der Waals surface area contributed by atoms with Crippen LogP contribution in [0.15, 0.2) is 22.8 Å². The number of nitrogens with one attached hydrogen (secondary N) is 1. The van der Waals surface area contributed by atoms with E-state index in [1.54, 1.807) is 19.3 Å². The fourth-order valence-corrected chi connectivity index (χ4v) is 3.27. The van der Waals surface area contributed by atoms with E-state index in [1.807, 2.05) is 26.8 Å². The number of furan rings is 1. The first-order chi connectivity index (χ1) is 10.3. The van der Waals surface area contributed by atoms with Crippen LogP contribution >= 0.6 is 11.3 Å². The SMILES string of the molecule is Cc1sc(-c2ccco2)nc1C(=O)NCC(C)(C)CC(C)O. The highest BCUT2D eigenvalue weighted by Crippen LogP contribution is 2.28. The van der Waals surface area contributed by atoms with Crippen molar-refractivity contribution in [3.8, 4) is 10.8 Å². The van der Waals surface area contributed by atoms with Gasteiger partial charge in [-0.15, -0.1) is 11.3 Å². The van der Waals surface area contributed by atoms with Crippen LogP contribution in [-0.4, -0.2) is 28.6 Å². The second-order valence-electron chi connectivity index (χ2n) is 6.30. The molecule has 5 nitrogen and oxygen atoms in total. The number of rotatable bonds is 6. The zero-order chi connectivity index (χ0) is 16.3. The van der Waals surface area contributed by atoms with E-state index in [0.29, 0.717) is 29.4 Å². The van der Waals surface area contributed by atoms with E-state index >= 15 is 0 Å². The lowest BCUT2D eigenvalue weighted by molar-refractivity contribution is 0.0897. The lowest BCUT2D eigenvalue weighted by atomic mass is 9.87. The fraction of sp³-hybridized carbons (Fsp3) is 0.500. The van der Waals surface area contributed by atoms with Crippen LogP contribution in [0.3, 0.4) is 0 Å². The predicted molar refractivity (Wildman–Crippen MR) is 87.0 cm³/mol.